The summed E-state index contributed by atoms with van der Waals surface area (Å²) >= 11 is 0. The third-order valence-corrected chi connectivity index (χ3v) is 8.79. The molecule has 0 aromatic rings. The van der Waals surface area contributed by atoms with Gasteiger partial charge in [-0.1, -0.05) is 20.8 Å². The molecular formula is C13H26O6Si. The van der Waals surface area contributed by atoms with E-state index in [1.807, 2.05) is 0 Å². The molecule has 0 spiro atoms. The number of rotatable bonds is 8. The zero-order chi connectivity index (χ0) is 15.4. The number of ether oxygens (including phenoxy) is 2. The highest BCUT2D eigenvalue weighted by molar-refractivity contribution is 6.73. The van der Waals surface area contributed by atoms with Crippen LogP contribution in [0.25, 0.3) is 0 Å². The summed E-state index contributed by atoms with van der Waals surface area (Å²) in [6.45, 7) is 8.19. The van der Waals surface area contributed by atoms with E-state index in [0.29, 0.717) is 0 Å². The molecule has 2 N–H and O–H groups in total. The van der Waals surface area contributed by atoms with E-state index < -0.39 is 32.3 Å². The Morgan fingerprint density at radius 1 is 1.20 bits per heavy atom. The summed E-state index contributed by atoms with van der Waals surface area (Å²) in [4.78, 5) is 11.5. The van der Waals surface area contributed by atoms with Crippen LogP contribution in [0, 0.1) is 0 Å². The Bertz CT molecular complexity index is 325. The van der Waals surface area contributed by atoms with Gasteiger partial charge in [0.15, 0.2) is 20.5 Å². The third-order valence-electron chi connectivity index (χ3n) is 4.17. The van der Waals surface area contributed by atoms with E-state index in [4.69, 9.17) is 13.9 Å². The number of carbonyl (C=O) groups excluding carboxylic acids is 1. The second-order valence-corrected chi connectivity index (χ2v) is 9.86. The van der Waals surface area contributed by atoms with Gasteiger partial charge >= 0.3 is 5.97 Å². The molecule has 1 fully saturated rings. The van der Waals surface area contributed by atoms with Crippen LogP contribution in [0.4, 0.5) is 0 Å². The standard InChI is InChI=1S/C13H26O6Si/c1-5-17-13(11(15)10(14)12(16)19-13)9-18-20(6-2,7-3)8-4/h10-11,14-15H,5-9H2,1-4H3/t10?,11?,13-/m1/s1. The van der Waals surface area contributed by atoms with Crippen LogP contribution in [0.15, 0.2) is 0 Å². The van der Waals surface area contributed by atoms with Gasteiger partial charge in [0.25, 0.3) is 5.79 Å². The molecule has 0 radical (unpaired) electrons. The van der Waals surface area contributed by atoms with Crippen molar-refractivity contribution in [3.63, 3.8) is 0 Å². The van der Waals surface area contributed by atoms with Crippen LogP contribution in [0.5, 0.6) is 0 Å². The molecule has 0 aromatic carbocycles. The van der Waals surface area contributed by atoms with Gasteiger partial charge in [-0.05, 0) is 25.1 Å². The first kappa shape index (κ1) is 17.6. The van der Waals surface area contributed by atoms with E-state index in [1.54, 1.807) is 6.92 Å². The minimum absolute atomic E-state index is 0.0352. The van der Waals surface area contributed by atoms with Crippen molar-refractivity contribution in [1.82, 2.24) is 0 Å². The fraction of sp³-hybridized carbons (Fsp3) is 0.923. The minimum atomic E-state index is -1.90. The predicted octanol–water partition coefficient (Wildman–Crippen LogP) is 1.02. The van der Waals surface area contributed by atoms with Gasteiger partial charge in [0.05, 0.1) is 0 Å². The van der Waals surface area contributed by atoms with E-state index in [0.717, 1.165) is 18.1 Å². The van der Waals surface area contributed by atoms with Crippen LogP contribution in [0.2, 0.25) is 18.1 Å². The van der Waals surface area contributed by atoms with Crippen molar-refractivity contribution in [1.29, 1.82) is 0 Å². The van der Waals surface area contributed by atoms with E-state index in [9.17, 15) is 15.0 Å². The first-order valence-electron chi connectivity index (χ1n) is 7.27. The molecule has 0 aliphatic carbocycles. The second kappa shape index (κ2) is 6.99. The van der Waals surface area contributed by atoms with Gasteiger partial charge in [0, 0.05) is 6.61 Å². The van der Waals surface area contributed by atoms with Crippen LogP contribution < -0.4 is 0 Å². The van der Waals surface area contributed by atoms with Crippen molar-refractivity contribution in [2.75, 3.05) is 13.2 Å². The number of carbonyl (C=O) groups is 1. The molecule has 0 saturated carbocycles. The molecule has 0 aromatic heterocycles. The molecule has 1 rings (SSSR count). The molecule has 0 amide bonds. The van der Waals surface area contributed by atoms with Gasteiger partial charge in [0.1, 0.15) is 6.61 Å². The second-order valence-electron chi connectivity index (χ2n) is 5.09. The van der Waals surface area contributed by atoms with E-state index in [2.05, 4.69) is 20.8 Å². The fourth-order valence-corrected chi connectivity index (χ4v) is 5.11. The molecular weight excluding hydrogens is 280 g/mol. The molecule has 0 bridgehead atoms. The summed E-state index contributed by atoms with van der Waals surface area (Å²) in [7, 11) is -1.90. The van der Waals surface area contributed by atoms with Crippen molar-refractivity contribution < 1.29 is 28.9 Å². The first-order chi connectivity index (χ1) is 9.40. The molecule has 1 aliphatic rings. The van der Waals surface area contributed by atoms with Crippen molar-refractivity contribution in [3.8, 4) is 0 Å². The monoisotopic (exact) mass is 306 g/mol. The van der Waals surface area contributed by atoms with Gasteiger partial charge in [-0.15, -0.1) is 0 Å². The van der Waals surface area contributed by atoms with Crippen molar-refractivity contribution >= 4 is 14.3 Å². The van der Waals surface area contributed by atoms with Gasteiger partial charge in [-0.2, -0.15) is 0 Å². The van der Waals surface area contributed by atoms with Crippen molar-refractivity contribution in [2.45, 2.75) is 63.8 Å². The average molecular weight is 306 g/mol. The van der Waals surface area contributed by atoms with E-state index in [-0.39, 0.29) is 13.2 Å². The van der Waals surface area contributed by atoms with Crippen LogP contribution in [0.1, 0.15) is 27.7 Å². The molecule has 7 heteroatoms. The summed E-state index contributed by atoms with van der Waals surface area (Å²) in [6.07, 6.45) is -3.00. The quantitative estimate of drug-likeness (QED) is 0.514. The number of cyclic esters (lactones) is 1. The number of hydrogen-bond donors (Lipinski definition) is 2. The Morgan fingerprint density at radius 3 is 2.10 bits per heavy atom. The summed E-state index contributed by atoms with van der Waals surface area (Å²) in [5.74, 6) is -2.45. The Labute approximate surface area is 121 Å². The average Bonchev–Trinajstić information content (AvgIpc) is 2.66. The lowest BCUT2D eigenvalue weighted by molar-refractivity contribution is -0.255. The SMILES string of the molecule is CCO[C@]1(CO[Si](CC)(CC)CC)OC(=O)C(O)C1O. The molecule has 1 aliphatic heterocycles. The highest BCUT2D eigenvalue weighted by Gasteiger charge is 2.57. The maximum atomic E-state index is 11.5. The fourth-order valence-electron chi connectivity index (χ4n) is 2.49. The Balaban J connectivity index is 2.86. The van der Waals surface area contributed by atoms with E-state index >= 15 is 0 Å². The van der Waals surface area contributed by atoms with Crippen LogP contribution in [-0.4, -0.2) is 55.7 Å². The number of esters is 1. The predicted molar refractivity (Wildman–Crippen MR) is 75.6 cm³/mol. The number of aliphatic hydroxyl groups is 2. The Hall–Kier alpha value is -0.473. The molecule has 6 nitrogen and oxygen atoms in total. The third kappa shape index (κ3) is 3.23. The lowest BCUT2D eigenvalue weighted by atomic mass is 10.1. The lowest BCUT2D eigenvalue weighted by Gasteiger charge is -2.35. The molecule has 3 atom stereocenters. The zero-order valence-corrected chi connectivity index (χ0v) is 13.7. The zero-order valence-electron chi connectivity index (χ0n) is 12.7. The molecule has 20 heavy (non-hydrogen) atoms. The van der Waals surface area contributed by atoms with Crippen molar-refractivity contribution in [2.24, 2.45) is 0 Å². The minimum Gasteiger partial charge on any atom is -0.425 e. The van der Waals surface area contributed by atoms with Crippen molar-refractivity contribution in [3.05, 3.63) is 0 Å². The molecule has 2 unspecified atom stereocenters. The molecule has 1 heterocycles. The largest absolute Gasteiger partial charge is 0.425 e. The van der Waals surface area contributed by atoms with Crippen LogP contribution in [0.3, 0.4) is 0 Å². The van der Waals surface area contributed by atoms with Gasteiger partial charge in [-0.3, -0.25) is 0 Å². The summed E-state index contributed by atoms with van der Waals surface area (Å²) in [5, 5.41) is 19.6. The van der Waals surface area contributed by atoms with Gasteiger partial charge < -0.3 is 24.1 Å². The van der Waals surface area contributed by atoms with Crippen LogP contribution in [-0.2, 0) is 18.7 Å². The Morgan fingerprint density at radius 2 is 1.75 bits per heavy atom. The smallest absolute Gasteiger partial charge is 0.340 e. The lowest BCUT2D eigenvalue weighted by Crippen LogP contribution is -2.52. The highest BCUT2D eigenvalue weighted by atomic mass is 28.4. The maximum Gasteiger partial charge on any atom is 0.340 e. The topological polar surface area (TPSA) is 85.2 Å². The normalized spacial score (nSPS) is 30.6. The highest BCUT2D eigenvalue weighted by Crippen LogP contribution is 2.32. The molecule has 1 saturated heterocycles. The Kier molecular flexibility index (Phi) is 6.15. The summed E-state index contributed by atoms with van der Waals surface area (Å²) < 4.78 is 16.5. The van der Waals surface area contributed by atoms with Crippen LogP contribution >= 0.6 is 0 Å². The van der Waals surface area contributed by atoms with Gasteiger partial charge in [0.2, 0.25) is 0 Å². The van der Waals surface area contributed by atoms with E-state index in [1.165, 1.54) is 0 Å². The summed E-state index contributed by atoms with van der Waals surface area (Å²) in [6, 6.07) is 2.82. The number of hydrogen-bond acceptors (Lipinski definition) is 6. The maximum absolute atomic E-state index is 11.5. The van der Waals surface area contributed by atoms with Gasteiger partial charge in [-0.25, -0.2) is 4.79 Å². The number of aliphatic hydroxyl groups excluding tert-OH is 2. The summed E-state index contributed by atoms with van der Waals surface area (Å²) in [5.41, 5.74) is 0. The molecule has 118 valence electrons. The first-order valence-corrected chi connectivity index (χ1v) is 9.80.